The molecule has 2 N–H and O–H groups in total. The Bertz CT molecular complexity index is 1010. The number of carbonyl (C=O) groups is 2. The highest BCUT2D eigenvalue weighted by Gasteiger charge is 2.18. The van der Waals surface area contributed by atoms with Crippen molar-refractivity contribution in [2.24, 2.45) is 7.05 Å². The molecule has 0 saturated carbocycles. The Morgan fingerprint density at radius 3 is 2.63 bits per heavy atom. The van der Waals surface area contributed by atoms with Gasteiger partial charge in [-0.3, -0.25) is 5.32 Å². The van der Waals surface area contributed by atoms with Crippen molar-refractivity contribution in [1.29, 1.82) is 0 Å². The highest BCUT2D eigenvalue weighted by Crippen LogP contribution is 2.25. The average Bonchev–Trinajstić information content (AvgIpc) is 3.14. The topological polar surface area (TPSA) is 98.2 Å². The third-order valence-electron chi connectivity index (χ3n) is 3.80. The molecule has 0 aliphatic rings. The van der Waals surface area contributed by atoms with E-state index in [2.05, 4.69) is 15.3 Å². The maximum Gasteiger partial charge on any atom is 0.412 e. The van der Waals surface area contributed by atoms with Crippen molar-refractivity contribution in [3.8, 4) is 11.5 Å². The number of amides is 1. The number of rotatable bonds is 3. The van der Waals surface area contributed by atoms with Crippen LogP contribution in [0.2, 0.25) is 0 Å². The Hall–Kier alpha value is -3.29. The van der Waals surface area contributed by atoms with Gasteiger partial charge in [-0.1, -0.05) is 0 Å². The summed E-state index contributed by atoms with van der Waals surface area (Å²) in [5.41, 5.74) is 2.67. The van der Waals surface area contributed by atoms with E-state index in [-0.39, 0.29) is 0 Å². The van der Waals surface area contributed by atoms with E-state index in [0.717, 1.165) is 11.2 Å². The summed E-state index contributed by atoms with van der Waals surface area (Å²) >= 11 is 0. The molecule has 27 heavy (non-hydrogen) atoms. The minimum Gasteiger partial charge on any atom is -0.465 e. The first-order chi connectivity index (χ1) is 12.7. The molecule has 8 nitrogen and oxygen atoms in total. The van der Waals surface area contributed by atoms with Gasteiger partial charge in [-0.15, -0.1) is 0 Å². The fraction of sp³-hybridized carbons (Fsp3) is 0.316. The van der Waals surface area contributed by atoms with Crippen molar-refractivity contribution in [2.75, 3.05) is 12.4 Å². The number of hydrogen-bond acceptors (Lipinski definition) is 5. The molecule has 3 rings (SSSR count). The molecule has 0 saturated heterocycles. The van der Waals surface area contributed by atoms with Crippen molar-refractivity contribution in [2.45, 2.75) is 26.4 Å². The van der Waals surface area contributed by atoms with Crippen molar-refractivity contribution in [3.63, 3.8) is 0 Å². The van der Waals surface area contributed by atoms with Gasteiger partial charge in [0, 0.05) is 13.2 Å². The van der Waals surface area contributed by atoms with Crippen LogP contribution >= 0.6 is 0 Å². The van der Waals surface area contributed by atoms with Gasteiger partial charge in [0.05, 0.1) is 35.1 Å². The van der Waals surface area contributed by atoms with Crippen molar-refractivity contribution in [3.05, 3.63) is 36.0 Å². The molecule has 0 aliphatic heterocycles. The summed E-state index contributed by atoms with van der Waals surface area (Å²) < 4.78 is 11.8. The minimum atomic E-state index is -0.572. The van der Waals surface area contributed by atoms with Crippen LogP contribution in [-0.2, 0) is 16.5 Å². The van der Waals surface area contributed by atoms with Crippen LogP contribution in [0.15, 0.2) is 30.5 Å². The van der Waals surface area contributed by atoms with Gasteiger partial charge in [0.1, 0.15) is 5.60 Å². The van der Waals surface area contributed by atoms with Crippen LogP contribution in [0.1, 0.15) is 31.1 Å². The lowest BCUT2D eigenvalue weighted by Gasteiger charge is -2.19. The van der Waals surface area contributed by atoms with Gasteiger partial charge in [-0.05, 0) is 45.0 Å². The maximum absolute atomic E-state index is 11.9. The van der Waals surface area contributed by atoms with Gasteiger partial charge in [-0.2, -0.15) is 0 Å². The van der Waals surface area contributed by atoms with E-state index in [1.165, 1.54) is 7.11 Å². The average molecular weight is 370 g/mol. The largest absolute Gasteiger partial charge is 0.465 e. The molecule has 0 bridgehead atoms. The van der Waals surface area contributed by atoms with Crippen LogP contribution in [0.25, 0.3) is 22.6 Å². The first-order valence-electron chi connectivity index (χ1n) is 8.41. The van der Waals surface area contributed by atoms with Gasteiger partial charge >= 0.3 is 12.1 Å². The summed E-state index contributed by atoms with van der Waals surface area (Å²) in [4.78, 5) is 31.4. The van der Waals surface area contributed by atoms with E-state index in [1.54, 1.807) is 51.2 Å². The second kappa shape index (κ2) is 6.79. The lowest BCUT2D eigenvalue weighted by molar-refractivity contribution is 0.0598. The van der Waals surface area contributed by atoms with Crippen LogP contribution in [0.4, 0.5) is 10.5 Å². The molecule has 0 unspecified atom stereocenters. The molecular weight excluding hydrogens is 348 g/mol. The van der Waals surface area contributed by atoms with E-state index < -0.39 is 17.7 Å². The maximum atomic E-state index is 11.9. The van der Waals surface area contributed by atoms with E-state index in [0.29, 0.717) is 22.6 Å². The number of anilines is 1. The van der Waals surface area contributed by atoms with Crippen LogP contribution in [0.3, 0.4) is 0 Å². The zero-order valence-corrected chi connectivity index (χ0v) is 15.9. The molecule has 0 spiro atoms. The van der Waals surface area contributed by atoms with Crippen LogP contribution in [0.5, 0.6) is 0 Å². The number of aromatic nitrogens is 3. The standard InChI is InChI=1S/C19H22N4O4/c1-19(2,3)27-18(25)20-12-9-15(23(4)10-12)16-21-13-7-6-11(17(24)26-5)8-14(13)22-16/h6-10H,1-5H3,(H,20,25)(H,21,22). The molecule has 0 aliphatic carbocycles. The van der Waals surface area contributed by atoms with E-state index in [4.69, 9.17) is 9.47 Å². The fourth-order valence-corrected chi connectivity index (χ4v) is 2.66. The summed E-state index contributed by atoms with van der Waals surface area (Å²) in [6.07, 6.45) is 1.25. The summed E-state index contributed by atoms with van der Waals surface area (Å²) in [6, 6.07) is 6.92. The van der Waals surface area contributed by atoms with E-state index in [1.807, 2.05) is 11.6 Å². The Balaban J connectivity index is 1.87. The molecule has 2 heterocycles. The number of imidazole rings is 1. The Morgan fingerprint density at radius 1 is 1.22 bits per heavy atom. The van der Waals surface area contributed by atoms with Crippen molar-refractivity contribution >= 4 is 28.8 Å². The molecule has 0 fully saturated rings. The second-order valence-electron chi connectivity index (χ2n) is 7.16. The fourth-order valence-electron chi connectivity index (χ4n) is 2.66. The number of methoxy groups -OCH3 is 1. The van der Waals surface area contributed by atoms with Crippen LogP contribution < -0.4 is 5.32 Å². The van der Waals surface area contributed by atoms with Gasteiger partial charge in [0.15, 0.2) is 5.82 Å². The smallest absolute Gasteiger partial charge is 0.412 e. The number of H-pyrrole nitrogens is 1. The third-order valence-corrected chi connectivity index (χ3v) is 3.80. The summed E-state index contributed by atoms with van der Waals surface area (Å²) in [7, 11) is 3.19. The number of ether oxygens (including phenoxy) is 2. The van der Waals surface area contributed by atoms with Gasteiger partial charge in [-0.25, -0.2) is 14.6 Å². The summed E-state index contributed by atoms with van der Waals surface area (Å²) in [6.45, 7) is 5.42. The number of esters is 1. The molecule has 8 heteroatoms. The molecule has 1 aromatic carbocycles. The molecule has 2 aromatic heterocycles. The summed E-state index contributed by atoms with van der Waals surface area (Å²) in [5.74, 6) is 0.205. The number of nitrogens with one attached hydrogen (secondary N) is 2. The monoisotopic (exact) mass is 370 g/mol. The van der Waals surface area contributed by atoms with Gasteiger partial charge in [0.25, 0.3) is 0 Å². The number of aromatic amines is 1. The van der Waals surface area contributed by atoms with Crippen LogP contribution in [0, 0.1) is 0 Å². The number of fused-ring (bicyclic) bond motifs is 1. The highest BCUT2D eigenvalue weighted by atomic mass is 16.6. The predicted octanol–water partition coefficient (Wildman–Crippen LogP) is 3.70. The number of aryl methyl sites for hydroxylation is 1. The quantitative estimate of drug-likeness (QED) is 0.685. The molecule has 0 radical (unpaired) electrons. The number of nitrogens with zero attached hydrogens (tertiary/aromatic N) is 2. The molecule has 1 amide bonds. The van der Waals surface area contributed by atoms with Gasteiger partial charge < -0.3 is 19.0 Å². The molecule has 0 atom stereocenters. The lowest BCUT2D eigenvalue weighted by Crippen LogP contribution is -2.27. The van der Waals surface area contributed by atoms with E-state index in [9.17, 15) is 9.59 Å². The zero-order valence-electron chi connectivity index (χ0n) is 15.9. The molecule has 3 aromatic rings. The number of benzene rings is 1. The zero-order chi connectivity index (χ0) is 19.8. The van der Waals surface area contributed by atoms with Gasteiger partial charge in [0.2, 0.25) is 0 Å². The Morgan fingerprint density at radius 2 is 1.96 bits per heavy atom. The Kier molecular flexibility index (Phi) is 4.65. The van der Waals surface area contributed by atoms with Crippen molar-refractivity contribution < 1.29 is 19.1 Å². The number of carbonyl (C=O) groups excluding carboxylic acids is 2. The highest BCUT2D eigenvalue weighted by molar-refractivity contribution is 5.94. The van der Waals surface area contributed by atoms with Crippen molar-refractivity contribution in [1.82, 2.24) is 14.5 Å². The lowest BCUT2D eigenvalue weighted by atomic mass is 10.2. The van der Waals surface area contributed by atoms with E-state index >= 15 is 0 Å². The first kappa shape index (κ1) is 18.5. The minimum absolute atomic E-state index is 0.413. The molecular formula is C19H22N4O4. The third kappa shape index (κ3) is 4.11. The first-order valence-corrected chi connectivity index (χ1v) is 8.41. The summed E-state index contributed by atoms with van der Waals surface area (Å²) in [5, 5.41) is 2.71. The van der Waals surface area contributed by atoms with Crippen LogP contribution in [-0.4, -0.2) is 39.3 Å². The molecule has 142 valence electrons. The second-order valence-corrected chi connectivity index (χ2v) is 7.16. The Labute approximate surface area is 156 Å². The SMILES string of the molecule is COC(=O)c1ccc2[nH]c(-c3cc(NC(=O)OC(C)(C)C)cn3C)nc2c1. The number of hydrogen-bond donors (Lipinski definition) is 2. The predicted molar refractivity (Wildman–Crippen MR) is 102 cm³/mol. The normalized spacial score (nSPS) is 11.4.